The Morgan fingerprint density at radius 1 is 1.14 bits per heavy atom. The first-order valence-electron chi connectivity index (χ1n) is 6.01. The third-order valence-corrected chi connectivity index (χ3v) is 3.25. The Balaban J connectivity index is 2.45. The van der Waals surface area contributed by atoms with Crippen LogP contribution in [0.5, 0.6) is 5.75 Å². The van der Waals surface area contributed by atoms with E-state index in [1.165, 1.54) is 25.3 Å². The SMILES string of the molecule is COc1ccc(Cl)cc1C(O)c1cccc(C(F)(F)F)c1. The summed E-state index contributed by atoms with van der Waals surface area (Å²) in [5.74, 6) is 0.351. The fourth-order valence-electron chi connectivity index (χ4n) is 1.98. The number of halogens is 4. The van der Waals surface area contributed by atoms with Crippen LogP contribution in [0, 0.1) is 0 Å². The molecule has 2 aromatic rings. The molecule has 1 atom stereocenters. The van der Waals surface area contributed by atoms with Crippen molar-refractivity contribution in [2.24, 2.45) is 0 Å². The summed E-state index contributed by atoms with van der Waals surface area (Å²) in [4.78, 5) is 0. The largest absolute Gasteiger partial charge is 0.496 e. The van der Waals surface area contributed by atoms with Crippen LogP contribution in [0.1, 0.15) is 22.8 Å². The molecule has 0 fully saturated rings. The molecular formula is C15H12ClF3O2. The molecule has 1 unspecified atom stereocenters. The highest BCUT2D eigenvalue weighted by molar-refractivity contribution is 6.30. The predicted octanol–water partition coefficient (Wildman–Crippen LogP) is 4.45. The number of alkyl halides is 3. The second-order valence-corrected chi connectivity index (χ2v) is 4.85. The van der Waals surface area contributed by atoms with Crippen LogP contribution in [0.25, 0.3) is 0 Å². The first kappa shape index (κ1) is 15.7. The smallest absolute Gasteiger partial charge is 0.416 e. The normalized spacial score (nSPS) is 13.0. The standard InChI is InChI=1S/C15H12ClF3O2/c1-21-13-6-5-11(16)8-12(13)14(20)9-3-2-4-10(7-9)15(17,18)19/h2-8,14,20H,1H3. The molecule has 112 valence electrons. The van der Waals surface area contributed by atoms with E-state index >= 15 is 0 Å². The number of aliphatic hydroxyl groups excluding tert-OH is 1. The third kappa shape index (κ3) is 3.49. The number of benzene rings is 2. The lowest BCUT2D eigenvalue weighted by Gasteiger charge is -2.17. The molecule has 0 aromatic heterocycles. The maximum Gasteiger partial charge on any atom is 0.416 e. The summed E-state index contributed by atoms with van der Waals surface area (Å²) in [6, 6.07) is 9.11. The minimum Gasteiger partial charge on any atom is -0.496 e. The number of methoxy groups -OCH3 is 1. The van der Waals surface area contributed by atoms with Gasteiger partial charge in [-0.1, -0.05) is 23.7 Å². The number of ether oxygens (including phenoxy) is 1. The lowest BCUT2D eigenvalue weighted by Crippen LogP contribution is -2.08. The zero-order valence-electron chi connectivity index (χ0n) is 11.0. The molecule has 0 aliphatic carbocycles. The number of hydrogen-bond acceptors (Lipinski definition) is 2. The van der Waals surface area contributed by atoms with Crippen LogP contribution in [0.15, 0.2) is 42.5 Å². The van der Waals surface area contributed by atoms with Gasteiger partial charge >= 0.3 is 6.18 Å². The number of rotatable bonds is 3. The van der Waals surface area contributed by atoms with Crippen LogP contribution >= 0.6 is 11.6 Å². The summed E-state index contributed by atoms with van der Waals surface area (Å²) in [5, 5.41) is 10.7. The fourth-order valence-corrected chi connectivity index (χ4v) is 2.16. The second-order valence-electron chi connectivity index (χ2n) is 4.41. The topological polar surface area (TPSA) is 29.5 Å². The van der Waals surface area contributed by atoms with Crippen LogP contribution in [0.2, 0.25) is 5.02 Å². The molecule has 21 heavy (non-hydrogen) atoms. The van der Waals surface area contributed by atoms with E-state index in [2.05, 4.69) is 0 Å². The van der Waals surface area contributed by atoms with Gasteiger partial charge in [0.2, 0.25) is 0 Å². The predicted molar refractivity (Wildman–Crippen MR) is 73.5 cm³/mol. The number of aliphatic hydroxyl groups is 1. The average molecular weight is 317 g/mol. The lowest BCUT2D eigenvalue weighted by atomic mass is 9.99. The molecule has 0 saturated heterocycles. The zero-order chi connectivity index (χ0) is 15.6. The van der Waals surface area contributed by atoms with E-state index in [1.54, 1.807) is 12.1 Å². The van der Waals surface area contributed by atoms with Crippen LogP contribution in [0.4, 0.5) is 13.2 Å². The molecule has 0 aliphatic heterocycles. The van der Waals surface area contributed by atoms with Crippen molar-refractivity contribution >= 4 is 11.6 Å². The molecule has 0 saturated carbocycles. The van der Waals surface area contributed by atoms with Crippen molar-refractivity contribution in [1.82, 2.24) is 0 Å². The highest BCUT2D eigenvalue weighted by Gasteiger charge is 2.31. The third-order valence-electron chi connectivity index (χ3n) is 3.02. The molecule has 1 N–H and O–H groups in total. The summed E-state index contributed by atoms with van der Waals surface area (Å²) >= 11 is 5.86. The molecule has 0 amide bonds. The lowest BCUT2D eigenvalue weighted by molar-refractivity contribution is -0.137. The van der Waals surface area contributed by atoms with E-state index in [4.69, 9.17) is 16.3 Å². The molecule has 0 aliphatic rings. The van der Waals surface area contributed by atoms with Crippen molar-refractivity contribution in [3.8, 4) is 5.75 Å². The molecule has 2 nitrogen and oxygen atoms in total. The molecule has 2 aromatic carbocycles. The van der Waals surface area contributed by atoms with Crippen LogP contribution in [-0.2, 0) is 6.18 Å². The summed E-state index contributed by atoms with van der Waals surface area (Å²) < 4.78 is 43.2. The summed E-state index contributed by atoms with van der Waals surface area (Å²) in [5.41, 5.74) is -0.394. The van der Waals surface area contributed by atoms with Gasteiger partial charge in [0.05, 0.1) is 12.7 Å². The van der Waals surface area contributed by atoms with Gasteiger partial charge in [0.25, 0.3) is 0 Å². The van der Waals surface area contributed by atoms with Crippen LogP contribution in [-0.4, -0.2) is 12.2 Å². The maximum atomic E-state index is 12.7. The van der Waals surface area contributed by atoms with E-state index in [-0.39, 0.29) is 5.56 Å². The van der Waals surface area contributed by atoms with Crippen molar-refractivity contribution in [2.75, 3.05) is 7.11 Å². The van der Waals surface area contributed by atoms with E-state index in [9.17, 15) is 18.3 Å². The Labute approximate surface area is 124 Å². The van der Waals surface area contributed by atoms with Crippen LogP contribution < -0.4 is 4.74 Å². The van der Waals surface area contributed by atoms with Crippen molar-refractivity contribution < 1.29 is 23.0 Å². The molecule has 0 heterocycles. The maximum absolute atomic E-state index is 12.7. The van der Waals surface area contributed by atoms with Gasteiger partial charge in [-0.15, -0.1) is 0 Å². The Hall–Kier alpha value is -1.72. The minimum atomic E-state index is -4.46. The molecule has 2 rings (SSSR count). The van der Waals surface area contributed by atoms with Crippen molar-refractivity contribution in [3.63, 3.8) is 0 Å². The summed E-state index contributed by atoms with van der Waals surface area (Å²) in [7, 11) is 1.41. The van der Waals surface area contributed by atoms with Crippen LogP contribution in [0.3, 0.4) is 0 Å². The molecule has 0 bridgehead atoms. The Kier molecular flexibility index (Phi) is 4.44. The first-order valence-corrected chi connectivity index (χ1v) is 6.39. The van der Waals surface area contributed by atoms with Crippen molar-refractivity contribution in [1.29, 1.82) is 0 Å². The Morgan fingerprint density at radius 2 is 1.86 bits per heavy atom. The van der Waals surface area contributed by atoms with Gasteiger partial charge in [0.1, 0.15) is 11.9 Å². The highest BCUT2D eigenvalue weighted by Crippen LogP contribution is 2.35. The zero-order valence-corrected chi connectivity index (χ0v) is 11.7. The quantitative estimate of drug-likeness (QED) is 0.906. The Bertz CT molecular complexity index is 641. The van der Waals surface area contributed by atoms with Gasteiger partial charge in [-0.2, -0.15) is 13.2 Å². The molecular weight excluding hydrogens is 305 g/mol. The van der Waals surface area contributed by atoms with Gasteiger partial charge < -0.3 is 9.84 Å². The Morgan fingerprint density at radius 3 is 2.48 bits per heavy atom. The van der Waals surface area contributed by atoms with Gasteiger partial charge in [-0.25, -0.2) is 0 Å². The highest BCUT2D eigenvalue weighted by atomic mass is 35.5. The minimum absolute atomic E-state index is 0.116. The fraction of sp³-hybridized carbons (Fsp3) is 0.200. The van der Waals surface area contributed by atoms with Gasteiger partial charge in [-0.3, -0.25) is 0 Å². The van der Waals surface area contributed by atoms with E-state index in [0.29, 0.717) is 16.3 Å². The van der Waals surface area contributed by atoms with Crippen molar-refractivity contribution in [2.45, 2.75) is 12.3 Å². The second kappa shape index (κ2) is 5.95. The first-order chi connectivity index (χ1) is 9.82. The van der Waals surface area contributed by atoms with E-state index < -0.39 is 17.8 Å². The van der Waals surface area contributed by atoms with Gasteiger partial charge in [0.15, 0.2) is 0 Å². The van der Waals surface area contributed by atoms with E-state index in [1.807, 2.05) is 0 Å². The monoisotopic (exact) mass is 316 g/mol. The van der Waals surface area contributed by atoms with Crippen molar-refractivity contribution in [3.05, 3.63) is 64.2 Å². The average Bonchev–Trinajstić information content (AvgIpc) is 2.45. The molecule has 0 spiro atoms. The van der Waals surface area contributed by atoms with E-state index in [0.717, 1.165) is 12.1 Å². The summed E-state index contributed by atoms with van der Waals surface area (Å²) in [6.45, 7) is 0. The number of hydrogen-bond donors (Lipinski definition) is 1. The molecule has 6 heteroatoms. The van der Waals surface area contributed by atoms with Gasteiger partial charge in [0, 0.05) is 10.6 Å². The molecule has 0 radical (unpaired) electrons. The summed E-state index contributed by atoms with van der Waals surface area (Å²) in [6.07, 6.45) is -5.73. The van der Waals surface area contributed by atoms with Gasteiger partial charge in [-0.05, 0) is 35.9 Å².